The minimum absolute atomic E-state index is 0.114. The molecule has 0 bridgehead atoms. The van der Waals surface area contributed by atoms with Crippen molar-refractivity contribution in [3.05, 3.63) is 102 Å². The molecule has 1 aliphatic rings. The van der Waals surface area contributed by atoms with Crippen molar-refractivity contribution in [1.82, 2.24) is 4.57 Å². The van der Waals surface area contributed by atoms with Crippen LogP contribution in [0.1, 0.15) is 22.9 Å². The van der Waals surface area contributed by atoms with Crippen LogP contribution in [-0.2, 0) is 7.05 Å². The average molecular weight is 351 g/mol. The quantitative estimate of drug-likeness (QED) is 0.422. The summed E-state index contributed by atoms with van der Waals surface area (Å²) < 4.78 is 8.82. The average Bonchev–Trinajstić information content (AvgIpc) is 3.00. The van der Waals surface area contributed by atoms with Gasteiger partial charge in [0.2, 0.25) is 0 Å². The van der Waals surface area contributed by atoms with Gasteiger partial charge in [-0.2, -0.15) is 0 Å². The van der Waals surface area contributed by atoms with Crippen LogP contribution >= 0.6 is 0 Å². The summed E-state index contributed by atoms with van der Waals surface area (Å²) in [5.41, 5.74) is 8.65. The van der Waals surface area contributed by atoms with E-state index in [9.17, 15) is 0 Å². The Labute approximate surface area is 159 Å². The molecule has 0 saturated heterocycles. The van der Waals surface area contributed by atoms with Crippen LogP contribution < -0.4 is 4.74 Å². The highest BCUT2D eigenvalue weighted by atomic mass is 16.5. The first-order valence-corrected chi connectivity index (χ1v) is 9.31. The highest BCUT2D eigenvalue weighted by molar-refractivity contribution is 5.85. The Morgan fingerprint density at radius 2 is 1.41 bits per heavy atom. The summed E-state index contributed by atoms with van der Waals surface area (Å²) in [4.78, 5) is 0. The highest BCUT2D eigenvalue weighted by Crippen LogP contribution is 2.49. The fourth-order valence-corrected chi connectivity index (χ4v) is 4.32. The molecule has 0 fully saturated rings. The standard InChI is InChI=1S/C25H21NO/c1-17-22-20-15-9-10-16-21(20)27-25(19-13-7-4-8-14-19)24(22)26(2)23(17)18-11-5-3-6-12-18/h3-16,25H,1-2H3/t25-/m0/s1. The second-order valence-electron chi connectivity index (χ2n) is 7.06. The Morgan fingerprint density at radius 3 is 2.15 bits per heavy atom. The van der Waals surface area contributed by atoms with E-state index in [0.717, 1.165) is 5.75 Å². The monoisotopic (exact) mass is 351 g/mol. The summed E-state index contributed by atoms with van der Waals surface area (Å²) in [6, 6.07) is 29.5. The number of para-hydroxylation sites is 1. The SMILES string of the molecule is Cc1c2c(n(C)c1-c1ccccc1)[C@H](c1ccccc1)Oc1ccccc1-2. The molecule has 5 rings (SSSR count). The first-order chi connectivity index (χ1) is 13.3. The van der Waals surface area contributed by atoms with Gasteiger partial charge in [0.15, 0.2) is 6.10 Å². The van der Waals surface area contributed by atoms with Gasteiger partial charge in [-0.3, -0.25) is 0 Å². The zero-order valence-electron chi connectivity index (χ0n) is 15.5. The van der Waals surface area contributed by atoms with Gasteiger partial charge < -0.3 is 9.30 Å². The van der Waals surface area contributed by atoms with Gasteiger partial charge >= 0.3 is 0 Å². The lowest BCUT2D eigenvalue weighted by Crippen LogP contribution is -2.18. The predicted molar refractivity (Wildman–Crippen MR) is 110 cm³/mol. The molecule has 3 aromatic carbocycles. The van der Waals surface area contributed by atoms with E-state index >= 15 is 0 Å². The summed E-state index contributed by atoms with van der Waals surface area (Å²) in [6.45, 7) is 2.23. The zero-order chi connectivity index (χ0) is 18.4. The van der Waals surface area contributed by atoms with E-state index in [4.69, 9.17) is 4.74 Å². The van der Waals surface area contributed by atoms with Crippen LogP contribution in [0.3, 0.4) is 0 Å². The largest absolute Gasteiger partial charge is 0.479 e. The van der Waals surface area contributed by atoms with Crippen molar-refractivity contribution in [2.24, 2.45) is 7.05 Å². The Balaban J connectivity index is 1.82. The number of nitrogens with zero attached hydrogens (tertiary/aromatic N) is 1. The third-order valence-corrected chi connectivity index (χ3v) is 5.48. The Bertz CT molecular complexity index is 1110. The topological polar surface area (TPSA) is 14.2 Å². The second kappa shape index (κ2) is 6.17. The predicted octanol–water partition coefficient (Wildman–Crippen LogP) is 6.15. The summed E-state index contributed by atoms with van der Waals surface area (Å²) in [5.74, 6) is 0.951. The molecule has 1 aromatic heterocycles. The first kappa shape index (κ1) is 16.0. The number of fused-ring (bicyclic) bond motifs is 3. The summed E-state index contributed by atoms with van der Waals surface area (Å²) >= 11 is 0. The molecule has 0 N–H and O–H groups in total. The fourth-order valence-electron chi connectivity index (χ4n) is 4.32. The van der Waals surface area contributed by atoms with E-state index in [1.165, 1.54) is 39.2 Å². The second-order valence-corrected chi connectivity index (χ2v) is 7.06. The minimum atomic E-state index is -0.114. The molecule has 2 nitrogen and oxygen atoms in total. The molecule has 2 heterocycles. The van der Waals surface area contributed by atoms with Gasteiger partial charge in [-0.25, -0.2) is 0 Å². The van der Waals surface area contributed by atoms with E-state index in [0.29, 0.717) is 0 Å². The molecule has 0 aliphatic carbocycles. The molecule has 4 aromatic rings. The molecular weight excluding hydrogens is 330 g/mol. The van der Waals surface area contributed by atoms with Crippen molar-refractivity contribution in [2.75, 3.05) is 0 Å². The van der Waals surface area contributed by atoms with Gasteiger partial charge in [-0.1, -0.05) is 78.9 Å². The van der Waals surface area contributed by atoms with Crippen molar-refractivity contribution in [1.29, 1.82) is 0 Å². The van der Waals surface area contributed by atoms with Crippen LogP contribution in [0.25, 0.3) is 22.4 Å². The number of aromatic nitrogens is 1. The van der Waals surface area contributed by atoms with Crippen LogP contribution in [0.4, 0.5) is 0 Å². The summed E-state index contributed by atoms with van der Waals surface area (Å²) in [6.07, 6.45) is -0.114. The number of hydrogen-bond donors (Lipinski definition) is 0. The maximum atomic E-state index is 6.51. The molecular formula is C25H21NO. The van der Waals surface area contributed by atoms with E-state index in [-0.39, 0.29) is 6.10 Å². The van der Waals surface area contributed by atoms with Crippen molar-refractivity contribution in [3.63, 3.8) is 0 Å². The number of benzene rings is 3. The van der Waals surface area contributed by atoms with Gasteiger partial charge in [0.05, 0.1) is 11.4 Å². The summed E-state index contributed by atoms with van der Waals surface area (Å²) in [7, 11) is 2.15. The lowest BCUT2D eigenvalue weighted by molar-refractivity contribution is 0.235. The number of hydrogen-bond acceptors (Lipinski definition) is 1. The van der Waals surface area contributed by atoms with E-state index in [2.05, 4.69) is 91.3 Å². The number of rotatable bonds is 2. The van der Waals surface area contributed by atoms with E-state index < -0.39 is 0 Å². The normalized spacial score (nSPS) is 15.0. The third-order valence-electron chi connectivity index (χ3n) is 5.48. The smallest absolute Gasteiger partial charge is 0.164 e. The molecule has 0 unspecified atom stereocenters. The van der Waals surface area contributed by atoms with Crippen molar-refractivity contribution in [3.8, 4) is 28.1 Å². The van der Waals surface area contributed by atoms with Gasteiger partial charge in [-0.15, -0.1) is 0 Å². The lowest BCUT2D eigenvalue weighted by atomic mass is 9.92. The van der Waals surface area contributed by atoms with Crippen molar-refractivity contribution < 1.29 is 4.74 Å². The highest BCUT2D eigenvalue weighted by Gasteiger charge is 2.33. The molecule has 132 valence electrons. The Kier molecular flexibility index (Phi) is 3.64. The molecule has 2 heteroatoms. The van der Waals surface area contributed by atoms with Crippen LogP contribution in [0.15, 0.2) is 84.9 Å². The number of ether oxygens (including phenoxy) is 1. The lowest BCUT2D eigenvalue weighted by Gasteiger charge is -2.28. The molecule has 0 saturated carbocycles. The molecule has 0 radical (unpaired) electrons. The van der Waals surface area contributed by atoms with E-state index in [1.807, 2.05) is 12.1 Å². The third kappa shape index (κ3) is 2.41. The summed E-state index contributed by atoms with van der Waals surface area (Å²) in [5, 5.41) is 0. The molecule has 0 spiro atoms. The van der Waals surface area contributed by atoms with Gasteiger partial charge in [-0.05, 0) is 29.7 Å². The minimum Gasteiger partial charge on any atom is -0.479 e. The fraction of sp³-hybridized carbons (Fsp3) is 0.120. The van der Waals surface area contributed by atoms with Crippen LogP contribution in [0, 0.1) is 6.92 Å². The van der Waals surface area contributed by atoms with Crippen LogP contribution in [-0.4, -0.2) is 4.57 Å². The van der Waals surface area contributed by atoms with Crippen molar-refractivity contribution in [2.45, 2.75) is 13.0 Å². The van der Waals surface area contributed by atoms with Crippen LogP contribution in [0.5, 0.6) is 5.75 Å². The Morgan fingerprint density at radius 1 is 0.778 bits per heavy atom. The molecule has 1 aliphatic heterocycles. The zero-order valence-corrected chi connectivity index (χ0v) is 15.5. The first-order valence-electron chi connectivity index (χ1n) is 9.31. The maximum absolute atomic E-state index is 6.51. The molecule has 0 amide bonds. The van der Waals surface area contributed by atoms with E-state index in [1.54, 1.807) is 0 Å². The van der Waals surface area contributed by atoms with Gasteiger partial charge in [0.25, 0.3) is 0 Å². The molecule has 1 atom stereocenters. The maximum Gasteiger partial charge on any atom is 0.164 e. The van der Waals surface area contributed by atoms with Crippen molar-refractivity contribution >= 4 is 0 Å². The van der Waals surface area contributed by atoms with Crippen LogP contribution in [0.2, 0.25) is 0 Å². The molecule has 27 heavy (non-hydrogen) atoms. The van der Waals surface area contributed by atoms with Gasteiger partial charge in [0, 0.05) is 18.2 Å². The Hall–Kier alpha value is -3.26. The van der Waals surface area contributed by atoms with Gasteiger partial charge in [0.1, 0.15) is 5.75 Å².